The number of hydrogen-bond acceptors (Lipinski definition) is 3. The summed E-state index contributed by atoms with van der Waals surface area (Å²) in [4.78, 5) is 14.2. The first kappa shape index (κ1) is 15.5. The highest BCUT2D eigenvalue weighted by Gasteiger charge is 2.33. The Labute approximate surface area is 98.2 Å². The fourth-order valence-electron chi connectivity index (χ4n) is 0.982. The molecule has 0 unspecified atom stereocenters. The van der Waals surface area contributed by atoms with Crippen LogP contribution in [0.15, 0.2) is 16.9 Å². The van der Waals surface area contributed by atoms with Crippen LogP contribution in [0, 0.1) is 0 Å². The SMILES string of the molecule is CC(N)=NC/C(F)=C\CC[C@@](N)(CF)C(=O)O. The quantitative estimate of drug-likeness (QED) is 0.457. The van der Waals surface area contributed by atoms with E-state index >= 15 is 0 Å². The molecule has 0 rings (SSSR count). The minimum absolute atomic E-state index is 0.0255. The normalized spacial score (nSPS) is 16.7. The van der Waals surface area contributed by atoms with Crippen LogP contribution in [0.2, 0.25) is 0 Å². The van der Waals surface area contributed by atoms with Crippen LogP contribution in [0.3, 0.4) is 0 Å². The average molecular weight is 249 g/mol. The number of carboxylic acids is 1. The molecule has 0 spiro atoms. The molecule has 0 saturated heterocycles. The van der Waals surface area contributed by atoms with Crippen LogP contribution in [0.1, 0.15) is 19.8 Å². The number of nitrogens with two attached hydrogens (primary N) is 2. The molecule has 0 aromatic carbocycles. The van der Waals surface area contributed by atoms with Crippen LogP contribution in [0.5, 0.6) is 0 Å². The third-order valence-electron chi connectivity index (χ3n) is 2.10. The van der Waals surface area contributed by atoms with Gasteiger partial charge in [-0.05, 0) is 19.8 Å². The topological polar surface area (TPSA) is 102 Å². The molecular weight excluding hydrogens is 232 g/mol. The van der Waals surface area contributed by atoms with E-state index in [4.69, 9.17) is 16.6 Å². The molecule has 1 atom stereocenters. The Kier molecular flexibility index (Phi) is 6.34. The molecule has 0 heterocycles. The molecule has 5 nitrogen and oxygen atoms in total. The Balaban J connectivity index is 4.25. The second-order valence-corrected chi connectivity index (χ2v) is 3.74. The Morgan fingerprint density at radius 1 is 1.59 bits per heavy atom. The van der Waals surface area contributed by atoms with Crippen molar-refractivity contribution in [2.75, 3.05) is 13.2 Å². The lowest BCUT2D eigenvalue weighted by molar-refractivity contribution is -0.144. The van der Waals surface area contributed by atoms with Gasteiger partial charge in [-0.3, -0.25) is 9.79 Å². The van der Waals surface area contributed by atoms with Crippen LogP contribution >= 0.6 is 0 Å². The van der Waals surface area contributed by atoms with Gasteiger partial charge >= 0.3 is 5.97 Å². The number of nitrogens with zero attached hydrogens (tertiary/aromatic N) is 1. The largest absolute Gasteiger partial charge is 0.480 e. The molecule has 0 radical (unpaired) electrons. The third kappa shape index (κ3) is 5.96. The van der Waals surface area contributed by atoms with Crippen molar-refractivity contribution >= 4 is 11.8 Å². The van der Waals surface area contributed by atoms with Gasteiger partial charge in [-0.15, -0.1) is 0 Å². The molecule has 0 aliphatic rings. The summed E-state index contributed by atoms with van der Waals surface area (Å²) < 4.78 is 25.5. The number of carboxylic acid groups (broad SMARTS) is 1. The minimum Gasteiger partial charge on any atom is -0.480 e. The first-order chi connectivity index (χ1) is 7.81. The Bertz CT molecular complexity index is 328. The zero-order valence-corrected chi connectivity index (χ0v) is 9.62. The lowest BCUT2D eigenvalue weighted by atomic mass is 9.96. The zero-order valence-electron chi connectivity index (χ0n) is 9.62. The molecular formula is C10H17F2N3O2. The summed E-state index contributed by atoms with van der Waals surface area (Å²) in [7, 11) is 0. The van der Waals surface area contributed by atoms with Crippen molar-refractivity contribution in [2.45, 2.75) is 25.3 Å². The van der Waals surface area contributed by atoms with Gasteiger partial charge in [0.1, 0.15) is 18.0 Å². The molecule has 0 aromatic heterocycles. The molecule has 5 N–H and O–H groups in total. The second kappa shape index (κ2) is 6.95. The van der Waals surface area contributed by atoms with Gasteiger partial charge in [0, 0.05) is 0 Å². The summed E-state index contributed by atoms with van der Waals surface area (Å²) in [6, 6.07) is 0. The molecule has 0 saturated carbocycles. The van der Waals surface area contributed by atoms with Crippen molar-refractivity contribution in [3.8, 4) is 0 Å². The van der Waals surface area contributed by atoms with Crippen molar-refractivity contribution < 1.29 is 18.7 Å². The highest BCUT2D eigenvalue weighted by Crippen LogP contribution is 2.13. The fourth-order valence-corrected chi connectivity index (χ4v) is 0.982. The van der Waals surface area contributed by atoms with Gasteiger partial charge in [0.05, 0.1) is 12.4 Å². The van der Waals surface area contributed by atoms with E-state index in [-0.39, 0.29) is 25.2 Å². The van der Waals surface area contributed by atoms with Gasteiger partial charge in [0.15, 0.2) is 0 Å². The van der Waals surface area contributed by atoms with Gasteiger partial charge in [-0.25, -0.2) is 8.78 Å². The molecule has 17 heavy (non-hydrogen) atoms. The molecule has 0 aliphatic heterocycles. The third-order valence-corrected chi connectivity index (χ3v) is 2.10. The highest BCUT2D eigenvalue weighted by atomic mass is 19.1. The molecule has 0 aliphatic carbocycles. The van der Waals surface area contributed by atoms with Crippen LogP contribution in [-0.4, -0.2) is 35.7 Å². The van der Waals surface area contributed by atoms with Crippen LogP contribution in [0.4, 0.5) is 8.78 Å². The van der Waals surface area contributed by atoms with E-state index in [1.807, 2.05) is 0 Å². The van der Waals surface area contributed by atoms with Gasteiger partial charge < -0.3 is 16.6 Å². The van der Waals surface area contributed by atoms with Crippen molar-refractivity contribution in [1.82, 2.24) is 0 Å². The minimum atomic E-state index is -1.95. The van der Waals surface area contributed by atoms with Crippen molar-refractivity contribution in [3.05, 3.63) is 11.9 Å². The van der Waals surface area contributed by atoms with Gasteiger partial charge in [0.2, 0.25) is 0 Å². The predicted octanol–water partition coefficient (Wildman–Crippen LogP) is 0.749. The van der Waals surface area contributed by atoms with E-state index in [1.54, 1.807) is 0 Å². The maximum absolute atomic E-state index is 13.1. The van der Waals surface area contributed by atoms with E-state index < -0.39 is 24.0 Å². The maximum Gasteiger partial charge on any atom is 0.326 e. The maximum atomic E-state index is 13.1. The van der Waals surface area contributed by atoms with Crippen LogP contribution < -0.4 is 11.5 Å². The van der Waals surface area contributed by atoms with E-state index in [2.05, 4.69) is 4.99 Å². The standard InChI is InChI=1S/C10H17F2N3O2/c1-7(13)15-5-8(12)3-2-4-10(14,6-11)9(16)17/h3H,2,4-6,14H2,1H3,(H2,13,15)(H,16,17)/b8-3+/t10-/m1/s1. The monoisotopic (exact) mass is 249 g/mol. The van der Waals surface area contributed by atoms with Crippen LogP contribution in [-0.2, 0) is 4.79 Å². The number of hydrogen-bond donors (Lipinski definition) is 3. The Morgan fingerprint density at radius 3 is 2.59 bits per heavy atom. The molecule has 98 valence electrons. The Morgan fingerprint density at radius 2 is 2.18 bits per heavy atom. The van der Waals surface area contributed by atoms with E-state index in [9.17, 15) is 13.6 Å². The van der Waals surface area contributed by atoms with Gasteiger partial charge in [0.25, 0.3) is 0 Å². The lowest BCUT2D eigenvalue weighted by Gasteiger charge is -2.19. The number of halogens is 2. The fraction of sp³-hybridized carbons (Fsp3) is 0.600. The zero-order chi connectivity index (χ0) is 13.5. The number of aliphatic imine (C=N–C) groups is 1. The Hall–Kier alpha value is -1.50. The van der Waals surface area contributed by atoms with Gasteiger partial charge in [-0.2, -0.15) is 0 Å². The number of alkyl halides is 1. The molecule has 0 fully saturated rings. The number of carbonyl (C=O) groups is 1. The van der Waals surface area contributed by atoms with E-state index in [1.165, 1.54) is 6.92 Å². The molecule has 0 amide bonds. The first-order valence-corrected chi connectivity index (χ1v) is 5.01. The molecule has 0 bridgehead atoms. The number of aliphatic carboxylic acids is 1. The van der Waals surface area contributed by atoms with Crippen molar-refractivity contribution in [2.24, 2.45) is 16.5 Å². The average Bonchev–Trinajstić information content (AvgIpc) is 2.25. The summed E-state index contributed by atoms with van der Waals surface area (Å²) in [5.41, 5.74) is 8.53. The molecule has 7 heteroatoms. The summed E-state index contributed by atoms with van der Waals surface area (Å²) in [5.74, 6) is -1.75. The summed E-state index contributed by atoms with van der Waals surface area (Å²) in [6.45, 7) is 0.117. The molecule has 0 aromatic rings. The van der Waals surface area contributed by atoms with E-state index in [0.29, 0.717) is 0 Å². The van der Waals surface area contributed by atoms with Crippen LogP contribution in [0.25, 0.3) is 0 Å². The number of allylic oxidation sites excluding steroid dienone is 1. The lowest BCUT2D eigenvalue weighted by Crippen LogP contribution is -2.49. The summed E-state index contributed by atoms with van der Waals surface area (Å²) >= 11 is 0. The van der Waals surface area contributed by atoms with Crippen molar-refractivity contribution in [3.63, 3.8) is 0 Å². The number of rotatable bonds is 7. The van der Waals surface area contributed by atoms with E-state index in [0.717, 1.165) is 6.08 Å². The van der Waals surface area contributed by atoms with Gasteiger partial charge in [-0.1, -0.05) is 6.08 Å². The highest BCUT2D eigenvalue weighted by molar-refractivity contribution is 5.78. The smallest absolute Gasteiger partial charge is 0.326 e. The summed E-state index contributed by atoms with van der Waals surface area (Å²) in [6.07, 6.45) is 0.974. The second-order valence-electron chi connectivity index (χ2n) is 3.74. The number of amidine groups is 1. The first-order valence-electron chi connectivity index (χ1n) is 5.01. The predicted molar refractivity (Wildman–Crippen MR) is 61.1 cm³/mol. The summed E-state index contributed by atoms with van der Waals surface area (Å²) in [5, 5.41) is 8.66. The van der Waals surface area contributed by atoms with Crippen molar-refractivity contribution in [1.29, 1.82) is 0 Å².